The smallest absolute Gasteiger partial charge is 0.125 e. The van der Waals surface area contributed by atoms with Crippen LogP contribution in [0.25, 0.3) is 0 Å². The molecule has 0 spiro atoms. The largest absolute Gasteiger partial charge is 0.489 e. The van der Waals surface area contributed by atoms with E-state index >= 15 is 0 Å². The van der Waals surface area contributed by atoms with E-state index in [-0.39, 0.29) is 0 Å². The molecule has 0 radical (unpaired) electrons. The SMILES string of the molecule is CCCNc1ccc(COc2ccc(CC#N)cc2)cn1. The maximum atomic E-state index is 8.62. The van der Waals surface area contributed by atoms with Crippen LogP contribution in [0.15, 0.2) is 42.6 Å². The van der Waals surface area contributed by atoms with Crippen LogP contribution in [0.5, 0.6) is 5.75 Å². The van der Waals surface area contributed by atoms with Gasteiger partial charge in [0.25, 0.3) is 0 Å². The van der Waals surface area contributed by atoms with Crippen molar-refractivity contribution in [2.24, 2.45) is 0 Å². The average Bonchev–Trinajstić information content (AvgIpc) is 2.53. The van der Waals surface area contributed by atoms with E-state index in [1.54, 1.807) is 0 Å². The Morgan fingerprint density at radius 2 is 1.90 bits per heavy atom. The highest BCUT2D eigenvalue weighted by molar-refractivity contribution is 5.35. The first-order valence-electron chi connectivity index (χ1n) is 7.09. The molecule has 0 atom stereocenters. The summed E-state index contributed by atoms with van der Waals surface area (Å²) in [7, 11) is 0. The molecule has 1 N–H and O–H groups in total. The van der Waals surface area contributed by atoms with Gasteiger partial charge in [-0.05, 0) is 30.2 Å². The van der Waals surface area contributed by atoms with Crippen molar-refractivity contribution in [3.8, 4) is 11.8 Å². The summed E-state index contributed by atoms with van der Waals surface area (Å²) in [5.41, 5.74) is 2.02. The van der Waals surface area contributed by atoms with Crippen molar-refractivity contribution < 1.29 is 4.74 Å². The highest BCUT2D eigenvalue weighted by Crippen LogP contribution is 2.15. The van der Waals surface area contributed by atoms with Gasteiger partial charge < -0.3 is 10.1 Å². The molecule has 2 rings (SSSR count). The molecule has 2 aromatic rings. The van der Waals surface area contributed by atoms with E-state index in [0.29, 0.717) is 13.0 Å². The van der Waals surface area contributed by atoms with Crippen molar-refractivity contribution in [3.63, 3.8) is 0 Å². The Morgan fingerprint density at radius 1 is 1.14 bits per heavy atom. The zero-order valence-corrected chi connectivity index (χ0v) is 12.2. The maximum Gasteiger partial charge on any atom is 0.125 e. The Bertz CT molecular complexity index is 585. The lowest BCUT2D eigenvalue weighted by Gasteiger charge is -2.08. The molecule has 21 heavy (non-hydrogen) atoms. The number of nitriles is 1. The van der Waals surface area contributed by atoms with E-state index < -0.39 is 0 Å². The minimum atomic E-state index is 0.427. The quantitative estimate of drug-likeness (QED) is 0.843. The van der Waals surface area contributed by atoms with Gasteiger partial charge in [-0.25, -0.2) is 4.98 Å². The number of benzene rings is 1. The average molecular weight is 281 g/mol. The van der Waals surface area contributed by atoms with Crippen LogP contribution in [0, 0.1) is 11.3 Å². The Labute approximate surface area is 125 Å². The minimum Gasteiger partial charge on any atom is -0.489 e. The molecule has 0 fully saturated rings. The lowest BCUT2D eigenvalue weighted by Crippen LogP contribution is -2.02. The number of nitrogens with one attached hydrogen (secondary N) is 1. The number of aromatic nitrogens is 1. The van der Waals surface area contributed by atoms with Crippen molar-refractivity contribution in [2.45, 2.75) is 26.4 Å². The second-order valence-corrected chi connectivity index (χ2v) is 4.75. The zero-order chi connectivity index (χ0) is 14.9. The molecular weight excluding hydrogens is 262 g/mol. The Balaban J connectivity index is 1.86. The highest BCUT2D eigenvalue weighted by Gasteiger charge is 1.99. The van der Waals surface area contributed by atoms with Crippen LogP contribution in [0.1, 0.15) is 24.5 Å². The molecule has 1 aromatic heterocycles. The lowest BCUT2D eigenvalue weighted by atomic mass is 10.2. The first-order valence-corrected chi connectivity index (χ1v) is 7.09. The van der Waals surface area contributed by atoms with Gasteiger partial charge in [0, 0.05) is 18.3 Å². The van der Waals surface area contributed by atoms with Crippen LogP contribution >= 0.6 is 0 Å². The number of nitrogens with zero attached hydrogens (tertiary/aromatic N) is 2. The molecule has 4 nitrogen and oxygen atoms in total. The van der Waals surface area contributed by atoms with E-state index in [0.717, 1.165) is 35.7 Å². The summed E-state index contributed by atoms with van der Waals surface area (Å²) in [5.74, 6) is 1.69. The summed E-state index contributed by atoms with van der Waals surface area (Å²) >= 11 is 0. The summed E-state index contributed by atoms with van der Waals surface area (Å²) in [6.07, 6.45) is 3.33. The molecule has 108 valence electrons. The Morgan fingerprint density at radius 3 is 2.52 bits per heavy atom. The summed E-state index contributed by atoms with van der Waals surface area (Å²) < 4.78 is 5.70. The van der Waals surface area contributed by atoms with Gasteiger partial charge in [0.2, 0.25) is 0 Å². The zero-order valence-electron chi connectivity index (χ0n) is 12.2. The van der Waals surface area contributed by atoms with Crippen LogP contribution in [0.4, 0.5) is 5.82 Å². The van der Waals surface area contributed by atoms with Crippen molar-refractivity contribution >= 4 is 5.82 Å². The predicted molar refractivity (Wildman–Crippen MR) is 83.1 cm³/mol. The molecule has 1 aromatic carbocycles. The van der Waals surface area contributed by atoms with Gasteiger partial charge in [-0.15, -0.1) is 0 Å². The molecular formula is C17H19N3O. The van der Waals surface area contributed by atoms with Gasteiger partial charge in [0.05, 0.1) is 12.5 Å². The monoisotopic (exact) mass is 281 g/mol. The molecule has 0 saturated carbocycles. The molecule has 1 heterocycles. The van der Waals surface area contributed by atoms with Crippen LogP contribution in [-0.2, 0) is 13.0 Å². The third kappa shape index (κ3) is 4.81. The van der Waals surface area contributed by atoms with E-state index in [2.05, 4.69) is 23.3 Å². The van der Waals surface area contributed by atoms with Crippen LogP contribution in [0.3, 0.4) is 0 Å². The molecule has 0 bridgehead atoms. The summed E-state index contributed by atoms with van der Waals surface area (Å²) in [4.78, 5) is 4.34. The van der Waals surface area contributed by atoms with Crippen LogP contribution in [-0.4, -0.2) is 11.5 Å². The normalized spacial score (nSPS) is 9.90. The second kappa shape index (κ2) is 7.91. The standard InChI is InChI=1S/C17H19N3O/c1-2-11-19-17-8-5-15(12-20-17)13-21-16-6-3-14(4-7-16)9-10-18/h3-8,12H,2,9,11,13H2,1H3,(H,19,20). The number of rotatable bonds is 7. The topological polar surface area (TPSA) is 57.9 Å². The van der Waals surface area contributed by atoms with E-state index in [9.17, 15) is 0 Å². The summed E-state index contributed by atoms with van der Waals surface area (Å²) in [6.45, 7) is 3.54. The molecule has 0 amide bonds. The fourth-order valence-corrected chi connectivity index (χ4v) is 1.83. The Kier molecular flexibility index (Phi) is 5.60. The van der Waals surface area contributed by atoms with Gasteiger partial charge in [-0.1, -0.05) is 25.1 Å². The number of pyridine rings is 1. The fourth-order valence-electron chi connectivity index (χ4n) is 1.83. The van der Waals surface area contributed by atoms with Gasteiger partial charge in [0.15, 0.2) is 0 Å². The highest BCUT2D eigenvalue weighted by atomic mass is 16.5. The van der Waals surface area contributed by atoms with Gasteiger partial charge in [-0.2, -0.15) is 5.26 Å². The second-order valence-electron chi connectivity index (χ2n) is 4.75. The first-order chi connectivity index (χ1) is 10.3. The molecule has 0 aliphatic heterocycles. The number of hydrogen-bond donors (Lipinski definition) is 1. The third-order valence-corrected chi connectivity index (χ3v) is 2.99. The fraction of sp³-hybridized carbons (Fsp3) is 0.294. The van der Waals surface area contributed by atoms with Crippen molar-refractivity contribution in [3.05, 3.63) is 53.7 Å². The van der Waals surface area contributed by atoms with E-state index in [1.165, 1.54) is 0 Å². The lowest BCUT2D eigenvalue weighted by molar-refractivity contribution is 0.305. The molecule has 0 aliphatic rings. The molecule has 0 saturated heterocycles. The summed E-state index contributed by atoms with van der Waals surface area (Å²) in [6, 6.07) is 13.7. The van der Waals surface area contributed by atoms with Crippen molar-refractivity contribution in [2.75, 3.05) is 11.9 Å². The van der Waals surface area contributed by atoms with Crippen molar-refractivity contribution in [1.82, 2.24) is 4.98 Å². The molecule has 4 heteroatoms. The minimum absolute atomic E-state index is 0.427. The number of hydrogen-bond acceptors (Lipinski definition) is 4. The van der Waals surface area contributed by atoms with Crippen LogP contribution < -0.4 is 10.1 Å². The number of ether oxygens (including phenoxy) is 1. The molecule has 0 aliphatic carbocycles. The molecule has 0 unspecified atom stereocenters. The Hall–Kier alpha value is -2.54. The van der Waals surface area contributed by atoms with E-state index in [1.807, 2.05) is 42.6 Å². The van der Waals surface area contributed by atoms with Gasteiger partial charge in [0.1, 0.15) is 18.2 Å². The van der Waals surface area contributed by atoms with Gasteiger partial charge in [-0.3, -0.25) is 0 Å². The van der Waals surface area contributed by atoms with Crippen molar-refractivity contribution in [1.29, 1.82) is 5.26 Å². The maximum absolute atomic E-state index is 8.62. The third-order valence-electron chi connectivity index (χ3n) is 2.99. The number of anilines is 1. The van der Waals surface area contributed by atoms with Crippen LogP contribution in [0.2, 0.25) is 0 Å². The first kappa shape index (κ1) is 14.9. The van der Waals surface area contributed by atoms with Gasteiger partial charge >= 0.3 is 0 Å². The van der Waals surface area contributed by atoms with E-state index in [4.69, 9.17) is 10.00 Å². The summed E-state index contributed by atoms with van der Waals surface area (Å²) in [5, 5.41) is 11.9. The predicted octanol–water partition coefficient (Wildman–Crippen LogP) is 3.55.